The summed E-state index contributed by atoms with van der Waals surface area (Å²) in [6.45, 7) is 2.11. The Balaban J connectivity index is 2.83. The molecule has 0 aliphatic rings. The van der Waals surface area contributed by atoms with Crippen LogP contribution in [-0.2, 0) is 4.74 Å². The zero-order chi connectivity index (χ0) is 8.97. The molecule has 1 rings (SSSR count). The number of amides is 1. The van der Waals surface area contributed by atoms with Crippen LogP contribution in [-0.4, -0.2) is 15.5 Å². The molecule has 6 heteroatoms. The molecule has 1 aromatic heterocycles. The van der Waals surface area contributed by atoms with E-state index in [4.69, 9.17) is 0 Å². The molecule has 0 radical (unpaired) electrons. The number of hydrogen-bond donors (Lipinski definition) is 0. The molecule has 12 heavy (non-hydrogen) atoms. The predicted octanol–water partition coefficient (Wildman–Crippen LogP) is 1.80. The molecule has 0 saturated heterocycles. The molecule has 0 unspecified atom stereocenters. The Labute approximate surface area is 87.4 Å². The summed E-state index contributed by atoms with van der Waals surface area (Å²) in [7, 11) is 0. The van der Waals surface area contributed by atoms with Crippen molar-refractivity contribution < 1.29 is 9.53 Å². The molecule has 0 saturated carbocycles. The van der Waals surface area contributed by atoms with Crippen LogP contribution in [0.5, 0.6) is 0 Å². The molecule has 0 aromatic carbocycles. The summed E-state index contributed by atoms with van der Waals surface area (Å²) in [6.07, 6.45) is 1.29. The second kappa shape index (κ2) is 4.61. The maximum Gasteiger partial charge on any atom is 0.436 e. The first kappa shape index (κ1) is 9.72. The van der Waals surface area contributed by atoms with Crippen molar-refractivity contribution in [3.05, 3.63) is 16.4 Å². The van der Waals surface area contributed by atoms with Crippen molar-refractivity contribution in [3.8, 4) is 0 Å². The van der Waals surface area contributed by atoms with Crippen LogP contribution in [0.25, 0.3) is 0 Å². The lowest BCUT2D eigenvalue weighted by Gasteiger charge is -1.92. The van der Waals surface area contributed by atoms with E-state index in [1.807, 2.05) is 34.4 Å². The van der Waals surface area contributed by atoms with Crippen LogP contribution < -0.4 is 4.80 Å². The summed E-state index contributed by atoms with van der Waals surface area (Å²) in [4.78, 5) is 15.2. The first-order valence-electron chi connectivity index (χ1n) is 3.28. The van der Waals surface area contributed by atoms with Crippen LogP contribution in [0.15, 0.2) is 16.6 Å². The van der Waals surface area contributed by atoms with Crippen molar-refractivity contribution in [1.82, 2.24) is 2.78 Å². The van der Waals surface area contributed by atoms with Crippen LogP contribution in [0.1, 0.15) is 6.92 Å². The summed E-state index contributed by atoms with van der Waals surface area (Å²) in [5.74, 6) is 0. The van der Waals surface area contributed by atoms with E-state index >= 15 is 0 Å². The van der Waals surface area contributed by atoms with E-state index in [1.165, 1.54) is 11.3 Å². The van der Waals surface area contributed by atoms with Crippen molar-refractivity contribution in [2.75, 3.05) is 6.61 Å². The van der Waals surface area contributed by atoms with Crippen LogP contribution >= 0.6 is 34.2 Å². The standard InChI is InChI=1S/C6H7IN2O2S/c1-2-11-6(10)8-5-9(7)3-4-12-5/h3-4H,2H2,1H3/b8-5-. The zero-order valence-corrected chi connectivity index (χ0v) is 9.33. The molecule has 0 aliphatic carbocycles. The van der Waals surface area contributed by atoms with Gasteiger partial charge in [0.15, 0.2) is 0 Å². The Hall–Kier alpha value is -0.370. The average molecular weight is 298 g/mol. The Bertz CT molecular complexity index is 330. The highest BCUT2D eigenvalue weighted by molar-refractivity contribution is 14.1. The third kappa shape index (κ3) is 2.59. The minimum atomic E-state index is -0.537. The number of ether oxygens (including phenoxy) is 1. The normalized spacial score (nSPS) is 11.7. The third-order valence-corrected chi connectivity index (χ3v) is 2.87. The Morgan fingerprint density at radius 2 is 2.67 bits per heavy atom. The van der Waals surface area contributed by atoms with Gasteiger partial charge in [-0.3, -0.25) is 2.78 Å². The molecule has 0 N–H and O–H groups in total. The smallest absolute Gasteiger partial charge is 0.436 e. The van der Waals surface area contributed by atoms with Gasteiger partial charge in [0.25, 0.3) is 0 Å². The number of hydrogen-bond acceptors (Lipinski definition) is 3. The van der Waals surface area contributed by atoms with Gasteiger partial charge in [0.2, 0.25) is 4.80 Å². The van der Waals surface area contributed by atoms with Crippen molar-refractivity contribution in [2.45, 2.75) is 6.92 Å². The minimum absolute atomic E-state index is 0.356. The lowest BCUT2D eigenvalue weighted by molar-refractivity contribution is 0.162. The Morgan fingerprint density at radius 3 is 3.17 bits per heavy atom. The fourth-order valence-corrected chi connectivity index (χ4v) is 1.99. The molecule has 1 heterocycles. The second-order valence-electron chi connectivity index (χ2n) is 1.81. The van der Waals surface area contributed by atoms with Gasteiger partial charge in [0, 0.05) is 11.6 Å². The van der Waals surface area contributed by atoms with E-state index < -0.39 is 6.09 Å². The molecule has 0 aliphatic heterocycles. The lowest BCUT2D eigenvalue weighted by atomic mass is 10.9. The van der Waals surface area contributed by atoms with Gasteiger partial charge in [-0.25, -0.2) is 4.79 Å². The maximum absolute atomic E-state index is 10.9. The maximum atomic E-state index is 10.9. The fraction of sp³-hybridized carbons (Fsp3) is 0.333. The van der Waals surface area contributed by atoms with E-state index in [2.05, 4.69) is 9.73 Å². The van der Waals surface area contributed by atoms with Crippen LogP contribution in [0.2, 0.25) is 0 Å². The van der Waals surface area contributed by atoms with E-state index in [0.717, 1.165) is 0 Å². The molecule has 1 amide bonds. The largest absolute Gasteiger partial charge is 0.448 e. The highest BCUT2D eigenvalue weighted by Crippen LogP contribution is 1.94. The molecule has 0 fully saturated rings. The Morgan fingerprint density at radius 1 is 1.92 bits per heavy atom. The monoisotopic (exact) mass is 298 g/mol. The average Bonchev–Trinajstić information content (AvgIpc) is 2.37. The van der Waals surface area contributed by atoms with Crippen molar-refractivity contribution in [2.24, 2.45) is 4.99 Å². The van der Waals surface area contributed by atoms with E-state index in [1.54, 1.807) is 9.70 Å². The molecular weight excluding hydrogens is 291 g/mol. The van der Waals surface area contributed by atoms with Gasteiger partial charge in [0.05, 0.1) is 29.5 Å². The Kier molecular flexibility index (Phi) is 3.73. The molecule has 0 spiro atoms. The number of rotatable bonds is 1. The van der Waals surface area contributed by atoms with Gasteiger partial charge in [-0.2, -0.15) is 0 Å². The van der Waals surface area contributed by atoms with E-state index in [-0.39, 0.29) is 0 Å². The van der Waals surface area contributed by atoms with Gasteiger partial charge >= 0.3 is 6.09 Å². The van der Waals surface area contributed by atoms with Crippen molar-refractivity contribution >= 4 is 40.3 Å². The highest BCUT2D eigenvalue weighted by Gasteiger charge is 1.97. The van der Waals surface area contributed by atoms with Crippen LogP contribution in [0, 0.1) is 0 Å². The number of aromatic nitrogens is 1. The molecule has 0 bridgehead atoms. The third-order valence-electron chi connectivity index (χ3n) is 1.00. The van der Waals surface area contributed by atoms with Crippen molar-refractivity contribution in [1.29, 1.82) is 0 Å². The second-order valence-corrected chi connectivity index (χ2v) is 3.72. The number of thiazole rings is 1. The molecule has 66 valence electrons. The SMILES string of the molecule is CCOC(=O)/N=c1\sccn1I. The molecule has 4 nitrogen and oxygen atoms in total. The van der Waals surface area contributed by atoms with Gasteiger partial charge in [-0.1, -0.05) is 0 Å². The summed E-state index contributed by atoms with van der Waals surface area (Å²) in [5.41, 5.74) is 0. The van der Waals surface area contributed by atoms with E-state index in [9.17, 15) is 4.79 Å². The quantitative estimate of drug-likeness (QED) is 0.742. The van der Waals surface area contributed by atoms with Gasteiger partial charge in [-0.05, 0) is 6.92 Å². The first-order valence-corrected chi connectivity index (χ1v) is 5.12. The first-order chi connectivity index (χ1) is 5.74. The topological polar surface area (TPSA) is 43.6 Å². The van der Waals surface area contributed by atoms with Crippen molar-refractivity contribution in [3.63, 3.8) is 0 Å². The van der Waals surface area contributed by atoms with Gasteiger partial charge in [-0.15, -0.1) is 16.3 Å². The highest BCUT2D eigenvalue weighted by atomic mass is 127. The van der Waals surface area contributed by atoms with Gasteiger partial charge in [0.1, 0.15) is 0 Å². The number of carbonyl (C=O) groups excluding carboxylic acids is 1. The fourth-order valence-electron chi connectivity index (χ4n) is 0.567. The summed E-state index contributed by atoms with van der Waals surface area (Å²) < 4.78 is 6.39. The van der Waals surface area contributed by atoms with Crippen LogP contribution in [0.3, 0.4) is 0 Å². The summed E-state index contributed by atoms with van der Waals surface area (Å²) in [6, 6.07) is 0. The van der Waals surface area contributed by atoms with Gasteiger partial charge < -0.3 is 4.74 Å². The molecule has 0 atom stereocenters. The molecule has 1 aromatic rings. The summed E-state index contributed by atoms with van der Waals surface area (Å²) >= 11 is 3.43. The zero-order valence-electron chi connectivity index (χ0n) is 6.36. The number of halogens is 1. The van der Waals surface area contributed by atoms with E-state index in [0.29, 0.717) is 11.4 Å². The minimum Gasteiger partial charge on any atom is -0.448 e. The summed E-state index contributed by atoms with van der Waals surface area (Å²) in [5, 5.41) is 1.85. The molecular formula is C6H7IN2O2S. The predicted molar refractivity (Wildman–Crippen MR) is 54.3 cm³/mol. The van der Waals surface area contributed by atoms with Crippen LogP contribution in [0.4, 0.5) is 4.79 Å². The number of nitrogens with zero attached hydrogens (tertiary/aromatic N) is 2. The number of carbonyl (C=O) groups is 1. The lowest BCUT2D eigenvalue weighted by Crippen LogP contribution is -2.09.